The van der Waals surface area contributed by atoms with Crippen LogP contribution in [-0.4, -0.2) is 30.6 Å². The lowest BCUT2D eigenvalue weighted by Gasteiger charge is -2.07. The maximum absolute atomic E-state index is 12.4. The zero-order valence-corrected chi connectivity index (χ0v) is 11.2. The SMILES string of the molecule is CCc1cnn(C)c1NC(=O)c1ncnc2[nH]ccc12. The van der Waals surface area contributed by atoms with Crippen molar-refractivity contribution < 1.29 is 4.79 Å². The Morgan fingerprint density at radius 3 is 3.10 bits per heavy atom. The molecule has 3 aromatic heterocycles. The lowest BCUT2D eigenvalue weighted by Crippen LogP contribution is -2.17. The Morgan fingerprint density at radius 2 is 2.30 bits per heavy atom. The molecule has 3 rings (SSSR count). The summed E-state index contributed by atoms with van der Waals surface area (Å²) >= 11 is 0. The summed E-state index contributed by atoms with van der Waals surface area (Å²) in [5.74, 6) is 0.426. The van der Waals surface area contributed by atoms with Crippen LogP contribution in [0.3, 0.4) is 0 Å². The highest BCUT2D eigenvalue weighted by Crippen LogP contribution is 2.18. The topological polar surface area (TPSA) is 88.5 Å². The van der Waals surface area contributed by atoms with Crippen LogP contribution >= 0.6 is 0 Å². The first kappa shape index (κ1) is 12.3. The van der Waals surface area contributed by atoms with Gasteiger partial charge in [0.05, 0.1) is 11.6 Å². The lowest BCUT2D eigenvalue weighted by atomic mass is 10.2. The van der Waals surface area contributed by atoms with Crippen molar-refractivity contribution in [2.75, 3.05) is 5.32 Å². The van der Waals surface area contributed by atoms with Crippen molar-refractivity contribution in [3.63, 3.8) is 0 Å². The monoisotopic (exact) mass is 270 g/mol. The summed E-state index contributed by atoms with van der Waals surface area (Å²) in [4.78, 5) is 23.5. The molecule has 7 nitrogen and oxygen atoms in total. The van der Waals surface area contributed by atoms with Gasteiger partial charge in [0.2, 0.25) is 0 Å². The van der Waals surface area contributed by atoms with Crippen molar-refractivity contribution in [3.8, 4) is 0 Å². The Morgan fingerprint density at radius 1 is 1.45 bits per heavy atom. The van der Waals surface area contributed by atoms with E-state index in [1.54, 1.807) is 30.2 Å². The smallest absolute Gasteiger partial charge is 0.276 e. The van der Waals surface area contributed by atoms with E-state index in [-0.39, 0.29) is 5.91 Å². The molecule has 1 amide bonds. The Balaban J connectivity index is 1.97. The summed E-state index contributed by atoms with van der Waals surface area (Å²) in [7, 11) is 1.79. The molecule has 0 spiro atoms. The van der Waals surface area contributed by atoms with Crippen molar-refractivity contribution >= 4 is 22.8 Å². The molecule has 0 bridgehead atoms. The number of nitrogens with zero attached hydrogens (tertiary/aromatic N) is 4. The number of H-pyrrole nitrogens is 1. The van der Waals surface area contributed by atoms with Crippen LogP contribution in [-0.2, 0) is 13.5 Å². The molecule has 0 saturated carbocycles. The second kappa shape index (κ2) is 4.76. The third-order valence-electron chi connectivity index (χ3n) is 3.20. The van der Waals surface area contributed by atoms with E-state index in [9.17, 15) is 4.79 Å². The molecule has 0 radical (unpaired) electrons. The molecule has 20 heavy (non-hydrogen) atoms. The standard InChI is InChI=1S/C13H14N6O/c1-3-8-6-17-19(2)12(8)18-13(20)10-9-4-5-14-11(9)16-7-15-10/h4-7H,3H2,1-2H3,(H,18,20)(H,14,15,16). The summed E-state index contributed by atoms with van der Waals surface area (Å²) in [5.41, 5.74) is 1.98. The summed E-state index contributed by atoms with van der Waals surface area (Å²) in [6, 6.07) is 1.79. The summed E-state index contributed by atoms with van der Waals surface area (Å²) < 4.78 is 1.65. The molecule has 0 saturated heterocycles. The van der Waals surface area contributed by atoms with Crippen LogP contribution in [0.2, 0.25) is 0 Å². The number of aromatic amines is 1. The third kappa shape index (κ3) is 1.93. The Bertz CT molecular complexity index is 772. The van der Waals surface area contributed by atoms with Crippen LogP contribution in [0, 0.1) is 0 Å². The van der Waals surface area contributed by atoms with Gasteiger partial charge in [0.25, 0.3) is 5.91 Å². The van der Waals surface area contributed by atoms with Gasteiger partial charge in [-0.3, -0.25) is 9.48 Å². The van der Waals surface area contributed by atoms with Gasteiger partial charge in [-0.2, -0.15) is 5.10 Å². The van der Waals surface area contributed by atoms with E-state index in [4.69, 9.17) is 0 Å². The summed E-state index contributed by atoms with van der Waals surface area (Å²) in [6.45, 7) is 2.02. The van der Waals surface area contributed by atoms with Crippen LogP contribution in [0.25, 0.3) is 11.0 Å². The number of amides is 1. The van der Waals surface area contributed by atoms with Gasteiger partial charge in [-0.15, -0.1) is 0 Å². The van der Waals surface area contributed by atoms with Gasteiger partial charge in [-0.1, -0.05) is 6.92 Å². The molecular formula is C13H14N6O. The second-order valence-corrected chi connectivity index (χ2v) is 4.41. The van der Waals surface area contributed by atoms with Crippen molar-refractivity contribution in [2.45, 2.75) is 13.3 Å². The number of aromatic nitrogens is 5. The Hall–Kier alpha value is -2.70. The molecule has 0 fully saturated rings. The normalized spacial score (nSPS) is 10.9. The zero-order chi connectivity index (χ0) is 14.1. The van der Waals surface area contributed by atoms with E-state index in [2.05, 4.69) is 25.4 Å². The van der Waals surface area contributed by atoms with Crippen LogP contribution < -0.4 is 5.32 Å². The fraction of sp³-hybridized carbons (Fsp3) is 0.231. The van der Waals surface area contributed by atoms with Crippen molar-refractivity contribution in [2.24, 2.45) is 7.05 Å². The van der Waals surface area contributed by atoms with Crippen LogP contribution in [0.1, 0.15) is 23.0 Å². The average molecular weight is 270 g/mol. The largest absolute Gasteiger partial charge is 0.346 e. The zero-order valence-electron chi connectivity index (χ0n) is 11.2. The number of hydrogen-bond donors (Lipinski definition) is 2. The number of fused-ring (bicyclic) bond motifs is 1. The van der Waals surface area contributed by atoms with Gasteiger partial charge in [0, 0.05) is 18.8 Å². The Kier molecular flexibility index (Phi) is 2.94. The van der Waals surface area contributed by atoms with Gasteiger partial charge in [-0.25, -0.2) is 9.97 Å². The lowest BCUT2D eigenvalue weighted by molar-refractivity contribution is 0.102. The molecule has 0 atom stereocenters. The molecule has 102 valence electrons. The first-order valence-corrected chi connectivity index (χ1v) is 6.31. The van der Waals surface area contributed by atoms with Crippen molar-refractivity contribution in [3.05, 3.63) is 36.0 Å². The van der Waals surface area contributed by atoms with Crippen LogP contribution in [0.4, 0.5) is 5.82 Å². The van der Waals surface area contributed by atoms with Crippen molar-refractivity contribution in [1.82, 2.24) is 24.7 Å². The van der Waals surface area contributed by atoms with E-state index >= 15 is 0 Å². The fourth-order valence-corrected chi connectivity index (χ4v) is 2.12. The Labute approximate surface area is 115 Å². The molecule has 0 aliphatic heterocycles. The molecule has 2 N–H and O–H groups in total. The maximum atomic E-state index is 12.4. The van der Waals surface area contributed by atoms with Gasteiger partial charge >= 0.3 is 0 Å². The van der Waals surface area contributed by atoms with Crippen LogP contribution in [0.15, 0.2) is 24.8 Å². The predicted molar refractivity (Wildman–Crippen MR) is 74.4 cm³/mol. The number of anilines is 1. The predicted octanol–water partition coefficient (Wildman–Crippen LogP) is 1.51. The summed E-state index contributed by atoms with van der Waals surface area (Å²) in [5, 5.41) is 7.71. The highest BCUT2D eigenvalue weighted by Gasteiger charge is 2.16. The van der Waals surface area contributed by atoms with Gasteiger partial charge < -0.3 is 10.3 Å². The fourth-order valence-electron chi connectivity index (χ4n) is 2.12. The number of hydrogen-bond acceptors (Lipinski definition) is 4. The first-order valence-electron chi connectivity index (χ1n) is 6.31. The van der Waals surface area contributed by atoms with E-state index in [1.807, 2.05) is 6.92 Å². The minimum absolute atomic E-state index is 0.268. The number of carbonyl (C=O) groups is 1. The molecule has 0 aliphatic carbocycles. The quantitative estimate of drug-likeness (QED) is 0.755. The van der Waals surface area contributed by atoms with Crippen LogP contribution in [0.5, 0.6) is 0 Å². The van der Waals surface area contributed by atoms with Gasteiger partial charge in [-0.05, 0) is 12.5 Å². The molecule has 0 unspecified atom stereocenters. The van der Waals surface area contributed by atoms with E-state index in [1.165, 1.54) is 6.33 Å². The minimum atomic E-state index is -0.268. The van der Waals surface area contributed by atoms with E-state index in [0.29, 0.717) is 22.5 Å². The molecule has 0 aromatic carbocycles. The highest BCUT2D eigenvalue weighted by atomic mass is 16.2. The molecular weight excluding hydrogens is 256 g/mol. The van der Waals surface area contributed by atoms with Gasteiger partial charge in [0.15, 0.2) is 0 Å². The van der Waals surface area contributed by atoms with Crippen molar-refractivity contribution in [1.29, 1.82) is 0 Å². The first-order chi connectivity index (χ1) is 9.70. The minimum Gasteiger partial charge on any atom is -0.346 e. The third-order valence-corrected chi connectivity index (χ3v) is 3.20. The molecule has 0 aliphatic rings. The van der Waals surface area contributed by atoms with E-state index < -0.39 is 0 Å². The number of aryl methyl sites for hydroxylation is 2. The molecule has 3 aromatic rings. The number of carbonyl (C=O) groups excluding carboxylic acids is 1. The van der Waals surface area contributed by atoms with Gasteiger partial charge in [0.1, 0.15) is 23.5 Å². The van der Waals surface area contributed by atoms with E-state index in [0.717, 1.165) is 12.0 Å². The highest BCUT2D eigenvalue weighted by molar-refractivity contribution is 6.10. The maximum Gasteiger partial charge on any atom is 0.276 e. The molecule has 7 heteroatoms. The summed E-state index contributed by atoms with van der Waals surface area (Å²) in [6.07, 6.45) is 5.66. The second-order valence-electron chi connectivity index (χ2n) is 4.41. The number of nitrogens with one attached hydrogen (secondary N) is 2. The average Bonchev–Trinajstić information content (AvgIpc) is 3.06. The molecule has 3 heterocycles. The number of rotatable bonds is 3.